The Morgan fingerprint density at radius 3 is 2.39 bits per heavy atom. The Kier molecular flexibility index (Phi) is 8.02. The molecule has 1 aliphatic rings. The molecule has 0 amide bonds. The van der Waals surface area contributed by atoms with E-state index in [2.05, 4.69) is 0 Å². The number of aliphatic carboxylic acids is 1. The van der Waals surface area contributed by atoms with Gasteiger partial charge in [0.25, 0.3) is 10.0 Å². The van der Waals surface area contributed by atoms with Crippen LogP contribution in [0, 0.1) is 11.7 Å². The minimum Gasteiger partial charge on any atom is -0.486 e. The van der Waals surface area contributed by atoms with Crippen molar-refractivity contribution < 1.29 is 50.1 Å². The largest absolute Gasteiger partial charge is 0.486 e. The van der Waals surface area contributed by atoms with E-state index in [1.807, 2.05) is 0 Å². The number of carbonyl (C=O) groups excluding carboxylic acids is 1. The smallest absolute Gasteiger partial charge is 0.419 e. The standard InChI is InChI=1S/C25H27F4NO7S/c1-14(23(32)33)9-16-13-30(38(34,35)17-6-7-19(26)18(12-17)25(27,28)29)20-10-15(5-8-21(20)36-16)11-22(31)37-24(2,3)4/h5-8,10,12,14,16H,9,11,13H2,1-4H3,(H,32,33)/t14-,16-/m0/s1. The molecule has 0 radical (unpaired) electrons. The van der Waals surface area contributed by atoms with Gasteiger partial charge in [-0.15, -0.1) is 0 Å². The molecule has 208 valence electrons. The van der Waals surface area contributed by atoms with Crippen LogP contribution in [-0.2, 0) is 36.9 Å². The number of halogens is 4. The molecule has 0 spiro atoms. The van der Waals surface area contributed by atoms with Crippen LogP contribution >= 0.6 is 0 Å². The Bertz CT molecular complexity index is 1340. The predicted molar refractivity (Wildman–Crippen MR) is 128 cm³/mol. The van der Waals surface area contributed by atoms with Crippen molar-refractivity contribution >= 4 is 27.6 Å². The van der Waals surface area contributed by atoms with E-state index in [0.29, 0.717) is 17.7 Å². The summed E-state index contributed by atoms with van der Waals surface area (Å²) in [4.78, 5) is 22.9. The third kappa shape index (κ3) is 6.74. The van der Waals surface area contributed by atoms with E-state index >= 15 is 0 Å². The topological polar surface area (TPSA) is 110 Å². The number of anilines is 1. The molecule has 13 heteroatoms. The Morgan fingerprint density at radius 2 is 1.82 bits per heavy atom. The van der Waals surface area contributed by atoms with Gasteiger partial charge in [0.15, 0.2) is 0 Å². The van der Waals surface area contributed by atoms with Gasteiger partial charge in [0.05, 0.1) is 35.0 Å². The number of carbonyl (C=O) groups is 2. The van der Waals surface area contributed by atoms with Crippen molar-refractivity contribution in [1.82, 2.24) is 0 Å². The van der Waals surface area contributed by atoms with Gasteiger partial charge >= 0.3 is 18.1 Å². The fraction of sp³-hybridized carbons (Fsp3) is 0.440. The van der Waals surface area contributed by atoms with Crippen molar-refractivity contribution in [3.8, 4) is 5.75 Å². The molecule has 0 unspecified atom stereocenters. The number of ether oxygens (including phenoxy) is 2. The molecule has 0 saturated heterocycles. The normalized spacial score (nSPS) is 16.8. The van der Waals surface area contributed by atoms with Crippen molar-refractivity contribution in [1.29, 1.82) is 0 Å². The maximum atomic E-state index is 13.9. The summed E-state index contributed by atoms with van der Waals surface area (Å²) in [5, 5.41) is 9.27. The molecular weight excluding hydrogens is 534 g/mol. The highest BCUT2D eigenvalue weighted by Crippen LogP contribution is 2.40. The van der Waals surface area contributed by atoms with Gasteiger partial charge in [-0.25, -0.2) is 12.8 Å². The number of alkyl halides is 3. The Balaban J connectivity index is 2.07. The molecule has 0 saturated carbocycles. The molecular formula is C25H27F4NO7S. The summed E-state index contributed by atoms with van der Waals surface area (Å²) < 4.78 is 92.9. The van der Waals surface area contributed by atoms with Crippen LogP contribution in [0.3, 0.4) is 0 Å². The highest BCUT2D eigenvalue weighted by molar-refractivity contribution is 7.92. The number of fused-ring (bicyclic) bond motifs is 1. The second kappa shape index (κ2) is 10.4. The predicted octanol–water partition coefficient (Wildman–Crippen LogP) is 4.80. The van der Waals surface area contributed by atoms with E-state index in [9.17, 15) is 40.7 Å². The molecule has 0 aromatic heterocycles. The summed E-state index contributed by atoms with van der Waals surface area (Å²) in [6.07, 6.45) is -6.43. The summed E-state index contributed by atoms with van der Waals surface area (Å²) in [5.41, 5.74) is -2.24. The second-order valence-corrected chi connectivity index (χ2v) is 11.8. The van der Waals surface area contributed by atoms with E-state index < -0.39 is 68.6 Å². The van der Waals surface area contributed by atoms with Crippen LogP contribution < -0.4 is 9.04 Å². The molecule has 38 heavy (non-hydrogen) atoms. The highest BCUT2D eigenvalue weighted by Gasteiger charge is 2.39. The summed E-state index contributed by atoms with van der Waals surface area (Å²) in [6.45, 7) is 6.00. The monoisotopic (exact) mass is 561 g/mol. The lowest BCUT2D eigenvalue weighted by molar-refractivity contribution is -0.154. The molecule has 0 aliphatic carbocycles. The zero-order valence-corrected chi connectivity index (χ0v) is 21.8. The second-order valence-electron chi connectivity index (χ2n) is 9.96. The van der Waals surface area contributed by atoms with Crippen molar-refractivity contribution in [2.75, 3.05) is 10.8 Å². The molecule has 2 atom stereocenters. The molecule has 8 nitrogen and oxygen atoms in total. The molecule has 2 aromatic carbocycles. The van der Waals surface area contributed by atoms with Crippen LogP contribution in [0.15, 0.2) is 41.3 Å². The van der Waals surface area contributed by atoms with Gasteiger partial charge in [-0.1, -0.05) is 13.0 Å². The van der Waals surface area contributed by atoms with Gasteiger partial charge in [0.2, 0.25) is 0 Å². The van der Waals surface area contributed by atoms with Crippen molar-refractivity contribution in [3.05, 3.63) is 53.3 Å². The van der Waals surface area contributed by atoms with Crippen LogP contribution in [0.4, 0.5) is 23.2 Å². The van der Waals surface area contributed by atoms with E-state index in [0.717, 1.165) is 4.31 Å². The number of hydrogen-bond acceptors (Lipinski definition) is 6. The van der Waals surface area contributed by atoms with Crippen LogP contribution in [0.5, 0.6) is 5.75 Å². The minimum atomic E-state index is -5.14. The molecule has 3 rings (SSSR count). The Hall–Kier alpha value is -3.35. The van der Waals surface area contributed by atoms with E-state index in [4.69, 9.17) is 9.47 Å². The van der Waals surface area contributed by atoms with Crippen molar-refractivity contribution in [2.45, 2.75) is 63.3 Å². The molecule has 1 N–H and O–H groups in total. The quantitative estimate of drug-likeness (QED) is 0.382. The average molecular weight is 562 g/mol. The SMILES string of the molecule is C[C@@H](C[C@H]1CN(S(=O)(=O)c2ccc(F)c(C(F)(F)F)c2)c2cc(CC(=O)OC(C)(C)C)ccc2O1)C(=O)O. The number of benzene rings is 2. The van der Waals surface area contributed by atoms with Crippen LogP contribution in [0.2, 0.25) is 0 Å². The van der Waals surface area contributed by atoms with Gasteiger partial charge in [0.1, 0.15) is 23.3 Å². The zero-order valence-electron chi connectivity index (χ0n) is 21.0. The first-order chi connectivity index (χ1) is 17.4. The summed E-state index contributed by atoms with van der Waals surface area (Å²) >= 11 is 0. The van der Waals surface area contributed by atoms with E-state index in [-0.39, 0.29) is 30.3 Å². The van der Waals surface area contributed by atoms with Crippen LogP contribution in [0.25, 0.3) is 0 Å². The first-order valence-electron chi connectivity index (χ1n) is 11.5. The first kappa shape index (κ1) is 29.2. The highest BCUT2D eigenvalue weighted by atomic mass is 32.2. The molecule has 2 aromatic rings. The average Bonchev–Trinajstić information content (AvgIpc) is 2.76. The number of esters is 1. The third-order valence-electron chi connectivity index (χ3n) is 5.59. The van der Waals surface area contributed by atoms with Gasteiger partial charge in [-0.3, -0.25) is 13.9 Å². The zero-order chi connectivity index (χ0) is 28.6. The number of carboxylic acid groups (broad SMARTS) is 1. The van der Waals surface area contributed by atoms with E-state index in [1.165, 1.54) is 25.1 Å². The number of hydrogen-bond donors (Lipinski definition) is 1. The summed E-state index contributed by atoms with van der Waals surface area (Å²) in [6, 6.07) is 5.56. The Morgan fingerprint density at radius 1 is 1.16 bits per heavy atom. The van der Waals surface area contributed by atoms with Gasteiger partial charge in [-0.2, -0.15) is 13.2 Å². The lowest BCUT2D eigenvalue weighted by Gasteiger charge is -2.36. The summed E-state index contributed by atoms with van der Waals surface area (Å²) in [5.74, 6) is -4.26. The fourth-order valence-corrected chi connectivity index (χ4v) is 5.39. The Labute approximate surface area is 217 Å². The molecule has 1 heterocycles. The number of carboxylic acids is 1. The van der Waals surface area contributed by atoms with Gasteiger partial charge in [-0.05, 0) is 63.1 Å². The maximum absolute atomic E-state index is 13.9. The number of nitrogens with zero attached hydrogens (tertiary/aromatic N) is 1. The number of sulfonamides is 1. The number of rotatable bonds is 7. The molecule has 0 fully saturated rings. The van der Waals surface area contributed by atoms with Crippen molar-refractivity contribution in [3.63, 3.8) is 0 Å². The lowest BCUT2D eigenvalue weighted by Crippen LogP contribution is -2.44. The first-order valence-corrected chi connectivity index (χ1v) is 13.0. The summed E-state index contributed by atoms with van der Waals surface area (Å²) in [7, 11) is -4.71. The van der Waals surface area contributed by atoms with Gasteiger partial charge in [0, 0.05) is 0 Å². The minimum absolute atomic E-state index is 0.0218. The van der Waals surface area contributed by atoms with Crippen LogP contribution in [0.1, 0.15) is 45.2 Å². The maximum Gasteiger partial charge on any atom is 0.419 e. The fourth-order valence-electron chi connectivity index (χ4n) is 3.87. The molecule has 1 aliphatic heterocycles. The van der Waals surface area contributed by atoms with E-state index in [1.54, 1.807) is 20.8 Å². The van der Waals surface area contributed by atoms with Crippen molar-refractivity contribution in [2.24, 2.45) is 5.92 Å². The molecule has 0 bridgehead atoms. The lowest BCUT2D eigenvalue weighted by atomic mass is 10.0. The third-order valence-corrected chi connectivity index (χ3v) is 7.37. The van der Waals surface area contributed by atoms with Gasteiger partial charge < -0.3 is 14.6 Å². The van der Waals surface area contributed by atoms with Crippen LogP contribution in [-0.4, -0.2) is 43.7 Å².